The molecular weight excluding hydrogens is 822 g/mol. The van der Waals surface area contributed by atoms with E-state index in [4.69, 9.17) is 32.7 Å². The van der Waals surface area contributed by atoms with Crippen molar-refractivity contribution in [1.29, 1.82) is 0 Å². The molecule has 3 heterocycles. The van der Waals surface area contributed by atoms with Crippen LogP contribution in [0.2, 0.25) is 10.0 Å². The smallest absolute Gasteiger partial charge is 0.417 e. The van der Waals surface area contributed by atoms with E-state index in [1.807, 2.05) is 0 Å². The molecule has 4 aliphatic rings. The first-order valence-corrected chi connectivity index (χ1v) is 18.7. The Morgan fingerprint density at radius 3 is 2.15 bits per heavy atom. The van der Waals surface area contributed by atoms with Crippen molar-refractivity contribution in [2.75, 3.05) is 24.5 Å². The minimum Gasteiger partial charge on any atom is -0.502 e. The number of methoxy groups -OCH3 is 2. The fourth-order valence-electron chi connectivity index (χ4n) is 9.22. The second kappa shape index (κ2) is 14.3. The second-order valence-corrected chi connectivity index (χ2v) is 15.3. The van der Waals surface area contributed by atoms with Crippen LogP contribution in [-0.2, 0) is 30.8 Å². The van der Waals surface area contributed by atoms with Crippen LogP contribution in [0.25, 0.3) is 0 Å². The number of hydrogen-bond donors (Lipinski definition) is 2. The highest BCUT2D eigenvalue weighted by atomic mass is 35.5. The van der Waals surface area contributed by atoms with Crippen LogP contribution in [0.3, 0.4) is 0 Å². The molecule has 0 bridgehead atoms. The van der Waals surface area contributed by atoms with Gasteiger partial charge in [0.2, 0.25) is 17.6 Å². The molecular formula is C40H30Cl2F3N5O9. The predicted octanol–water partition coefficient (Wildman–Crippen LogP) is 7.23. The lowest BCUT2D eigenvalue weighted by Gasteiger charge is -2.50. The number of anilines is 2. The third-order valence-electron chi connectivity index (χ3n) is 11.7. The zero-order valence-electron chi connectivity index (χ0n) is 30.7. The topological polar surface area (TPSA) is 182 Å². The maximum atomic E-state index is 15.4. The van der Waals surface area contributed by atoms with Crippen LogP contribution in [0.1, 0.15) is 35.4 Å². The predicted molar refractivity (Wildman–Crippen MR) is 204 cm³/mol. The van der Waals surface area contributed by atoms with Gasteiger partial charge in [-0.2, -0.15) is 18.2 Å². The van der Waals surface area contributed by atoms with E-state index in [9.17, 15) is 42.8 Å². The molecule has 2 N–H and O–H groups in total. The number of alkyl halides is 3. The first kappa shape index (κ1) is 39.6. The van der Waals surface area contributed by atoms with Crippen LogP contribution in [0.5, 0.6) is 17.2 Å². The summed E-state index contributed by atoms with van der Waals surface area (Å²) < 4.78 is 51.6. The van der Waals surface area contributed by atoms with Gasteiger partial charge in [0.25, 0.3) is 17.5 Å². The van der Waals surface area contributed by atoms with E-state index in [1.54, 1.807) is 18.2 Å². The van der Waals surface area contributed by atoms with Crippen LogP contribution in [0, 0.1) is 33.8 Å². The molecule has 2 saturated heterocycles. The second-order valence-electron chi connectivity index (χ2n) is 14.5. The number of carbonyl (C=O) groups is 4. The Balaban J connectivity index is 1.33. The highest BCUT2D eigenvalue weighted by Crippen LogP contribution is 2.65. The molecule has 0 radical (unpaired) electrons. The van der Waals surface area contributed by atoms with Gasteiger partial charge in [-0.05, 0) is 72.4 Å². The summed E-state index contributed by atoms with van der Waals surface area (Å²) >= 11 is 12.6. The zero-order chi connectivity index (χ0) is 42.3. The molecule has 3 fully saturated rings. The SMILES string of the molecule is COc1cc(C2C3=CCC4C(=O)N(c5ccc([N+](=O)[O-])cc5)C(=O)C4C3CC3C(=O)N(Nc4ncc(C(F)(F)F)cc4Cl)C(=O)C32c2ccc(Cl)cc2)cc(OC)c1O. The first-order valence-electron chi connectivity index (χ1n) is 17.9. The summed E-state index contributed by atoms with van der Waals surface area (Å²) in [6.07, 6.45) is -2.66. The number of imide groups is 2. The molecule has 4 aromatic rings. The summed E-state index contributed by atoms with van der Waals surface area (Å²) in [5.41, 5.74) is 0.509. The normalized spacial score (nSPS) is 25.0. The molecule has 0 spiro atoms. The Morgan fingerprint density at radius 1 is 0.932 bits per heavy atom. The number of aromatic nitrogens is 1. The van der Waals surface area contributed by atoms with Gasteiger partial charge >= 0.3 is 6.18 Å². The summed E-state index contributed by atoms with van der Waals surface area (Å²) in [4.78, 5) is 74.5. The van der Waals surface area contributed by atoms with Gasteiger partial charge in [-0.3, -0.25) is 39.6 Å². The molecule has 4 amide bonds. The van der Waals surface area contributed by atoms with Gasteiger partial charge in [0.1, 0.15) is 0 Å². The number of aromatic hydroxyl groups is 1. The van der Waals surface area contributed by atoms with Crippen molar-refractivity contribution >= 4 is 64.0 Å². The van der Waals surface area contributed by atoms with Crippen molar-refractivity contribution in [3.63, 3.8) is 0 Å². The third-order valence-corrected chi connectivity index (χ3v) is 12.3. The molecule has 2 aliphatic carbocycles. The summed E-state index contributed by atoms with van der Waals surface area (Å²) in [5, 5.41) is 22.7. The van der Waals surface area contributed by atoms with Crippen molar-refractivity contribution in [2.45, 2.75) is 30.4 Å². The summed E-state index contributed by atoms with van der Waals surface area (Å²) in [6, 6.07) is 14.7. The number of benzene rings is 3. The number of phenolic OH excluding ortho intramolecular Hbond substituents is 1. The largest absolute Gasteiger partial charge is 0.502 e. The van der Waals surface area contributed by atoms with Crippen LogP contribution in [0.4, 0.5) is 30.4 Å². The van der Waals surface area contributed by atoms with Crippen LogP contribution in [0.15, 0.2) is 84.6 Å². The number of nitro benzene ring substituents is 1. The number of halogens is 5. The molecule has 1 aromatic heterocycles. The number of hydrogen-bond acceptors (Lipinski definition) is 11. The standard InChI is InChI=1S/C40H30Cl2F3N5O9/c1-58-29-13-18(14-30(59-2)33(29)51)32-24-11-12-25-31(37(54)48(35(25)52)22-7-9-23(10-8-22)50(56)57)26(24)16-27-36(53)49(38(55)39(27,32)19-3-5-21(41)6-4-19)47-34-28(42)15-20(17-46-34)40(43,44)45/h3-11,13-15,17,25-27,31-32,51H,12,16H2,1-2H3,(H,46,47). The van der Waals surface area contributed by atoms with E-state index in [0.29, 0.717) is 39.0 Å². The number of allylic oxidation sites excluding steroid dienone is 2. The molecule has 59 heavy (non-hydrogen) atoms. The molecule has 8 rings (SSSR count). The van der Waals surface area contributed by atoms with Gasteiger partial charge in [-0.15, -0.1) is 0 Å². The summed E-state index contributed by atoms with van der Waals surface area (Å²) in [6.45, 7) is 0. The number of nitrogens with one attached hydrogen (secondary N) is 1. The molecule has 3 aromatic carbocycles. The Bertz CT molecular complexity index is 2480. The van der Waals surface area contributed by atoms with Crippen molar-refractivity contribution in [3.05, 3.63) is 121 Å². The van der Waals surface area contributed by atoms with E-state index >= 15 is 4.79 Å². The lowest BCUT2D eigenvalue weighted by Crippen LogP contribution is -2.53. The number of amides is 4. The molecule has 304 valence electrons. The number of ether oxygens (including phenoxy) is 2. The van der Waals surface area contributed by atoms with E-state index in [1.165, 1.54) is 62.8 Å². The molecule has 19 heteroatoms. The maximum Gasteiger partial charge on any atom is 0.417 e. The van der Waals surface area contributed by atoms with Crippen LogP contribution in [-0.4, -0.2) is 57.9 Å². The molecule has 6 unspecified atom stereocenters. The minimum atomic E-state index is -4.80. The average Bonchev–Trinajstić information content (AvgIpc) is 3.59. The Kier molecular flexibility index (Phi) is 9.58. The number of rotatable bonds is 8. The molecule has 1 saturated carbocycles. The molecule has 14 nitrogen and oxygen atoms in total. The van der Waals surface area contributed by atoms with Gasteiger partial charge in [0, 0.05) is 29.3 Å². The fourth-order valence-corrected chi connectivity index (χ4v) is 9.55. The van der Waals surface area contributed by atoms with E-state index < -0.39 is 86.1 Å². The van der Waals surface area contributed by atoms with Gasteiger partial charge < -0.3 is 14.6 Å². The monoisotopic (exact) mass is 851 g/mol. The molecule has 6 atom stereocenters. The average molecular weight is 853 g/mol. The van der Waals surface area contributed by atoms with Crippen LogP contribution < -0.4 is 19.8 Å². The van der Waals surface area contributed by atoms with Crippen molar-refractivity contribution < 1.29 is 51.9 Å². The number of carbonyl (C=O) groups excluding carboxylic acids is 4. The number of nitro groups is 1. The van der Waals surface area contributed by atoms with E-state index in [0.717, 1.165) is 4.90 Å². The molecule has 2 aliphatic heterocycles. The third kappa shape index (κ3) is 6.04. The number of phenols is 1. The highest BCUT2D eigenvalue weighted by Gasteiger charge is 2.70. The lowest BCUT2D eigenvalue weighted by molar-refractivity contribution is -0.384. The number of pyridine rings is 1. The zero-order valence-corrected chi connectivity index (χ0v) is 32.2. The maximum absolute atomic E-state index is 15.4. The summed E-state index contributed by atoms with van der Waals surface area (Å²) in [7, 11) is 2.60. The number of hydrazine groups is 1. The van der Waals surface area contributed by atoms with Crippen molar-refractivity contribution in [1.82, 2.24) is 9.99 Å². The number of fused-ring (bicyclic) bond motifs is 4. The van der Waals surface area contributed by atoms with Gasteiger partial charge in [0.05, 0.1) is 58.6 Å². The lowest BCUT2D eigenvalue weighted by atomic mass is 9.49. The highest BCUT2D eigenvalue weighted by molar-refractivity contribution is 6.33. The van der Waals surface area contributed by atoms with E-state index in [2.05, 4.69) is 10.4 Å². The first-order chi connectivity index (χ1) is 28.0. The van der Waals surface area contributed by atoms with Crippen LogP contribution >= 0.6 is 23.2 Å². The number of nitrogens with zero attached hydrogens (tertiary/aromatic N) is 4. The van der Waals surface area contributed by atoms with Gasteiger partial charge in [-0.1, -0.05) is 47.0 Å². The Hall–Kier alpha value is -6.20. The van der Waals surface area contributed by atoms with Gasteiger partial charge in [-0.25, -0.2) is 4.98 Å². The van der Waals surface area contributed by atoms with Crippen molar-refractivity contribution in [2.24, 2.45) is 23.7 Å². The summed E-state index contributed by atoms with van der Waals surface area (Å²) in [5.74, 6) is -9.04. The minimum absolute atomic E-state index is 0.0317. The Labute approximate surface area is 342 Å². The van der Waals surface area contributed by atoms with Crippen molar-refractivity contribution in [3.8, 4) is 17.2 Å². The van der Waals surface area contributed by atoms with E-state index in [-0.39, 0.29) is 41.5 Å². The number of non-ortho nitro benzene ring substituents is 1. The Morgan fingerprint density at radius 2 is 1.58 bits per heavy atom. The fraction of sp³-hybridized carbons (Fsp3) is 0.275. The quantitative estimate of drug-likeness (QED) is 0.0790. The van der Waals surface area contributed by atoms with Gasteiger partial charge in [0.15, 0.2) is 17.3 Å².